The zero-order valence-electron chi connectivity index (χ0n) is 17.0. The second kappa shape index (κ2) is 10.8. The highest BCUT2D eigenvalue weighted by Gasteiger charge is 2.23. The molecule has 0 saturated carbocycles. The maximum Gasteiger partial charge on any atom is 0.217 e. The second-order valence-corrected chi connectivity index (χ2v) is 8.51. The van der Waals surface area contributed by atoms with Gasteiger partial charge in [0.2, 0.25) is 5.91 Å². The van der Waals surface area contributed by atoms with Crippen LogP contribution < -0.4 is 11.1 Å². The number of piperidine rings is 2. The smallest absolute Gasteiger partial charge is 0.217 e. The van der Waals surface area contributed by atoms with Gasteiger partial charge in [-0.25, -0.2) is 0 Å². The van der Waals surface area contributed by atoms with Crippen molar-refractivity contribution >= 4 is 11.9 Å². The first-order valence-corrected chi connectivity index (χ1v) is 10.4. The van der Waals surface area contributed by atoms with Crippen LogP contribution in [-0.4, -0.2) is 68.0 Å². The summed E-state index contributed by atoms with van der Waals surface area (Å²) in [5, 5.41) is 3.51. The van der Waals surface area contributed by atoms with Crippen LogP contribution in [0.1, 0.15) is 52.4 Å². The molecule has 2 fully saturated rings. The number of hydrogen-bond donors (Lipinski definition) is 2. The zero-order valence-corrected chi connectivity index (χ0v) is 17.0. The largest absolute Gasteiger partial charge is 0.370 e. The molecule has 0 radical (unpaired) electrons. The van der Waals surface area contributed by atoms with Gasteiger partial charge >= 0.3 is 0 Å². The van der Waals surface area contributed by atoms with Gasteiger partial charge in [-0.15, -0.1) is 0 Å². The molecule has 2 rings (SSSR count). The van der Waals surface area contributed by atoms with E-state index in [1.165, 1.54) is 32.5 Å². The number of nitrogens with one attached hydrogen (secondary N) is 1. The van der Waals surface area contributed by atoms with Gasteiger partial charge in [0.1, 0.15) is 0 Å². The van der Waals surface area contributed by atoms with Crippen LogP contribution in [0.3, 0.4) is 0 Å². The van der Waals surface area contributed by atoms with E-state index in [2.05, 4.69) is 34.0 Å². The molecule has 3 atom stereocenters. The SMILES string of the molecule is CN=C(NCCCCN1CC(C)CC(C)C1)N1CCCC(CC(N)=O)C1. The van der Waals surface area contributed by atoms with Crippen molar-refractivity contribution in [2.75, 3.05) is 46.3 Å². The molecule has 26 heavy (non-hydrogen) atoms. The number of primary amides is 1. The molecule has 0 aromatic rings. The Labute approximate surface area is 159 Å². The van der Waals surface area contributed by atoms with Gasteiger partial charge in [-0.3, -0.25) is 9.79 Å². The van der Waals surface area contributed by atoms with Crippen molar-refractivity contribution in [2.45, 2.75) is 52.4 Å². The fourth-order valence-corrected chi connectivity index (χ4v) is 4.68. The van der Waals surface area contributed by atoms with E-state index in [0.717, 1.165) is 56.7 Å². The van der Waals surface area contributed by atoms with Crippen molar-refractivity contribution in [1.82, 2.24) is 15.1 Å². The summed E-state index contributed by atoms with van der Waals surface area (Å²) >= 11 is 0. The van der Waals surface area contributed by atoms with E-state index in [4.69, 9.17) is 5.73 Å². The van der Waals surface area contributed by atoms with E-state index in [1.807, 2.05) is 7.05 Å². The third kappa shape index (κ3) is 7.14. The van der Waals surface area contributed by atoms with Gasteiger partial charge in [-0.2, -0.15) is 0 Å². The first kappa shape index (κ1) is 21.0. The van der Waals surface area contributed by atoms with E-state index < -0.39 is 0 Å². The molecule has 6 heteroatoms. The number of guanidine groups is 1. The van der Waals surface area contributed by atoms with Crippen LogP contribution in [0.25, 0.3) is 0 Å². The highest BCUT2D eigenvalue weighted by molar-refractivity contribution is 5.80. The van der Waals surface area contributed by atoms with Crippen LogP contribution in [0.2, 0.25) is 0 Å². The lowest BCUT2D eigenvalue weighted by atomic mass is 9.92. The standard InChI is InChI=1S/C20H39N5O/c1-16-11-17(2)14-24(13-16)9-5-4-8-23-20(22-3)25-10-6-7-18(15-25)12-19(21)26/h16-18H,4-15H2,1-3H3,(H2,21,26)(H,22,23). The Morgan fingerprint density at radius 1 is 1.19 bits per heavy atom. The molecule has 0 aromatic heterocycles. The number of hydrogen-bond acceptors (Lipinski definition) is 3. The first-order valence-electron chi connectivity index (χ1n) is 10.4. The Morgan fingerprint density at radius 2 is 1.92 bits per heavy atom. The van der Waals surface area contributed by atoms with Crippen molar-refractivity contribution in [2.24, 2.45) is 28.5 Å². The molecule has 0 aliphatic carbocycles. The fraction of sp³-hybridized carbons (Fsp3) is 0.900. The third-order valence-electron chi connectivity index (χ3n) is 5.65. The molecular formula is C20H39N5O. The molecule has 6 nitrogen and oxygen atoms in total. The third-order valence-corrected chi connectivity index (χ3v) is 5.65. The topological polar surface area (TPSA) is 74.0 Å². The van der Waals surface area contributed by atoms with Crippen LogP contribution in [0.5, 0.6) is 0 Å². The van der Waals surface area contributed by atoms with E-state index in [-0.39, 0.29) is 5.91 Å². The summed E-state index contributed by atoms with van der Waals surface area (Å²) in [6.07, 6.45) is 6.44. The Balaban J connectivity index is 1.65. The number of unbranched alkanes of at least 4 members (excludes halogenated alkanes) is 1. The number of carbonyl (C=O) groups excluding carboxylic acids is 1. The van der Waals surface area contributed by atoms with Gasteiger partial charge in [0.25, 0.3) is 0 Å². The Bertz CT molecular complexity index is 457. The van der Waals surface area contributed by atoms with E-state index in [9.17, 15) is 4.79 Å². The maximum atomic E-state index is 11.2. The monoisotopic (exact) mass is 365 g/mol. The summed E-state index contributed by atoms with van der Waals surface area (Å²) < 4.78 is 0. The van der Waals surface area contributed by atoms with Gasteiger partial charge < -0.3 is 20.9 Å². The molecule has 1 amide bonds. The number of likely N-dealkylation sites (tertiary alicyclic amines) is 2. The van der Waals surface area contributed by atoms with Crippen LogP contribution in [-0.2, 0) is 4.79 Å². The molecule has 2 aliphatic rings. The van der Waals surface area contributed by atoms with Crippen LogP contribution in [0, 0.1) is 17.8 Å². The minimum absolute atomic E-state index is 0.193. The molecule has 150 valence electrons. The summed E-state index contributed by atoms with van der Waals surface area (Å²) in [7, 11) is 1.84. The molecule has 2 aliphatic heterocycles. The minimum Gasteiger partial charge on any atom is -0.370 e. The molecule has 3 N–H and O–H groups in total. The Morgan fingerprint density at radius 3 is 2.58 bits per heavy atom. The highest BCUT2D eigenvalue weighted by Crippen LogP contribution is 2.21. The second-order valence-electron chi connectivity index (χ2n) is 8.51. The zero-order chi connectivity index (χ0) is 18.9. The number of nitrogens with two attached hydrogens (primary N) is 1. The predicted octanol–water partition coefficient (Wildman–Crippen LogP) is 1.91. The van der Waals surface area contributed by atoms with E-state index >= 15 is 0 Å². The summed E-state index contributed by atoms with van der Waals surface area (Å²) in [6, 6.07) is 0. The molecule has 2 heterocycles. The minimum atomic E-state index is -0.193. The number of carbonyl (C=O) groups is 1. The molecule has 0 aromatic carbocycles. The van der Waals surface area contributed by atoms with Crippen LogP contribution >= 0.6 is 0 Å². The average Bonchev–Trinajstić information content (AvgIpc) is 2.57. The van der Waals surface area contributed by atoms with Crippen molar-refractivity contribution < 1.29 is 4.79 Å². The summed E-state index contributed by atoms with van der Waals surface area (Å²) in [5.74, 6) is 2.81. The van der Waals surface area contributed by atoms with Gasteiger partial charge in [0.15, 0.2) is 5.96 Å². The number of nitrogens with zero attached hydrogens (tertiary/aromatic N) is 3. The molecule has 3 unspecified atom stereocenters. The lowest BCUT2D eigenvalue weighted by molar-refractivity contribution is -0.119. The molecule has 0 spiro atoms. The van der Waals surface area contributed by atoms with Crippen molar-refractivity contribution in [1.29, 1.82) is 0 Å². The van der Waals surface area contributed by atoms with Gasteiger partial charge in [0, 0.05) is 46.2 Å². The molecular weight excluding hydrogens is 326 g/mol. The number of amides is 1. The lowest BCUT2D eigenvalue weighted by Crippen LogP contribution is -2.47. The van der Waals surface area contributed by atoms with Gasteiger partial charge in [0.05, 0.1) is 0 Å². The van der Waals surface area contributed by atoms with Crippen LogP contribution in [0.15, 0.2) is 4.99 Å². The predicted molar refractivity (Wildman–Crippen MR) is 108 cm³/mol. The summed E-state index contributed by atoms with van der Waals surface area (Å²) in [4.78, 5) is 20.5. The maximum absolute atomic E-state index is 11.2. The highest BCUT2D eigenvalue weighted by atomic mass is 16.1. The van der Waals surface area contributed by atoms with E-state index in [1.54, 1.807) is 0 Å². The Kier molecular flexibility index (Phi) is 8.69. The average molecular weight is 366 g/mol. The quantitative estimate of drug-likeness (QED) is 0.411. The Hall–Kier alpha value is -1.30. The number of rotatable bonds is 7. The number of aliphatic imine (C=N–C) groups is 1. The van der Waals surface area contributed by atoms with Crippen LogP contribution in [0.4, 0.5) is 0 Å². The fourth-order valence-electron chi connectivity index (χ4n) is 4.68. The summed E-state index contributed by atoms with van der Waals surface area (Å²) in [6.45, 7) is 11.3. The molecule has 2 saturated heterocycles. The van der Waals surface area contributed by atoms with Crippen molar-refractivity contribution in [3.05, 3.63) is 0 Å². The van der Waals surface area contributed by atoms with Crippen molar-refractivity contribution in [3.8, 4) is 0 Å². The lowest BCUT2D eigenvalue weighted by Gasteiger charge is -2.35. The summed E-state index contributed by atoms with van der Waals surface area (Å²) in [5.41, 5.74) is 5.36. The van der Waals surface area contributed by atoms with Gasteiger partial charge in [-0.1, -0.05) is 13.8 Å². The van der Waals surface area contributed by atoms with E-state index in [0.29, 0.717) is 12.3 Å². The van der Waals surface area contributed by atoms with Crippen molar-refractivity contribution in [3.63, 3.8) is 0 Å². The normalized spacial score (nSPS) is 28.2. The van der Waals surface area contributed by atoms with Gasteiger partial charge in [-0.05, 0) is 56.4 Å². The molecule has 0 bridgehead atoms. The first-order chi connectivity index (χ1) is 12.5.